The summed E-state index contributed by atoms with van der Waals surface area (Å²) in [5.74, 6) is 0.409. The van der Waals surface area contributed by atoms with Crippen molar-refractivity contribution in [3.63, 3.8) is 0 Å². The number of methoxy groups -OCH3 is 3. The van der Waals surface area contributed by atoms with E-state index < -0.39 is 5.91 Å². The number of carbonyl (C=O) groups excluding carboxylic acids is 2. The van der Waals surface area contributed by atoms with Gasteiger partial charge in [0, 0.05) is 24.7 Å². The summed E-state index contributed by atoms with van der Waals surface area (Å²) in [5, 5.41) is 5.86. The lowest BCUT2D eigenvalue weighted by atomic mass is 10.1. The molecule has 0 aliphatic heterocycles. The van der Waals surface area contributed by atoms with Crippen LogP contribution >= 0.6 is 23.2 Å². The first kappa shape index (κ1) is 21.7. The van der Waals surface area contributed by atoms with Gasteiger partial charge < -0.3 is 24.8 Å². The Labute approximate surface area is 172 Å². The molecule has 0 bridgehead atoms. The van der Waals surface area contributed by atoms with Crippen molar-refractivity contribution in [3.8, 4) is 17.2 Å². The molecule has 0 saturated heterocycles. The number of nitrogens with one attached hydrogen (secondary N) is 2. The van der Waals surface area contributed by atoms with E-state index in [0.717, 1.165) is 0 Å². The van der Waals surface area contributed by atoms with Gasteiger partial charge in [-0.15, -0.1) is 0 Å². The lowest BCUT2D eigenvalue weighted by Crippen LogP contribution is -2.35. The minimum absolute atomic E-state index is 0.139. The Bertz CT molecular complexity index is 851. The largest absolute Gasteiger partial charge is 0.497 e. The van der Waals surface area contributed by atoms with Crippen LogP contribution in [0.4, 0.5) is 0 Å². The Hall–Kier alpha value is -2.64. The average molecular weight is 427 g/mol. The zero-order chi connectivity index (χ0) is 20.7. The molecule has 7 nitrogen and oxygen atoms in total. The smallest absolute Gasteiger partial charge is 0.256 e. The number of benzene rings is 2. The fraction of sp³-hybridized carbons (Fsp3) is 0.263. The highest BCUT2D eigenvalue weighted by Gasteiger charge is 2.19. The van der Waals surface area contributed by atoms with Gasteiger partial charge in [0.1, 0.15) is 17.1 Å². The number of amides is 2. The molecule has 0 spiro atoms. The Balaban J connectivity index is 1.95. The molecular formula is C19H20Cl2N2O5. The lowest BCUT2D eigenvalue weighted by molar-refractivity contribution is 0.0926. The van der Waals surface area contributed by atoms with E-state index in [0.29, 0.717) is 17.1 Å². The van der Waals surface area contributed by atoms with Crippen molar-refractivity contribution in [1.82, 2.24) is 10.6 Å². The molecule has 0 atom stereocenters. The van der Waals surface area contributed by atoms with Crippen LogP contribution in [0.25, 0.3) is 0 Å². The van der Waals surface area contributed by atoms with Crippen molar-refractivity contribution in [2.75, 3.05) is 34.4 Å². The quantitative estimate of drug-likeness (QED) is 0.633. The predicted octanol–water partition coefficient (Wildman–Crippen LogP) is 3.18. The fourth-order valence-corrected chi connectivity index (χ4v) is 2.89. The summed E-state index contributed by atoms with van der Waals surface area (Å²) in [4.78, 5) is 24.7. The van der Waals surface area contributed by atoms with Crippen LogP contribution in [0.5, 0.6) is 17.2 Å². The third-order valence-electron chi connectivity index (χ3n) is 3.80. The molecule has 0 heterocycles. The highest BCUT2D eigenvalue weighted by molar-refractivity contribution is 6.37. The van der Waals surface area contributed by atoms with Crippen LogP contribution in [0.15, 0.2) is 30.3 Å². The summed E-state index contributed by atoms with van der Waals surface area (Å²) in [5.41, 5.74) is 0.516. The molecule has 2 rings (SSSR count). The zero-order valence-corrected chi connectivity index (χ0v) is 17.1. The van der Waals surface area contributed by atoms with Crippen LogP contribution in [0.2, 0.25) is 10.0 Å². The van der Waals surface area contributed by atoms with E-state index >= 15 is 0 Å². The van der Waals surface area contributed by atoms with Gasteiger partial charge >= 0.3 is 0 Å². The lowest BCUT2D eigenvalue weighted by Gasteiger charge is -2.13. The van der Waals surface area contributed by atoms with E-state index in [9.17, 15) is 9.59 Å². The standard InChI is InChI=1S/C19H20Cl2N2O5/c1-26-12-8-11(9-13(10-12)27-2)18(24)22-6-7-23-19(25)16-14(20)4-5-15(21)17(16)28-3/h4-5,8-10H,6-7H2,1-3H3,(H,22,24)(H,23,25). The van der Waals surface area contributed by atoms with Gasteiger partial charge in [0.2, 0.25) is 0 Å². The van der Waals surface area contributed by atoms with Crippen molar-refractivity contribution in [2.45, 2.75) is 0 Å². The Morgan fingerprint density at radius 3 is 1.89 bits per heavy atom. The Kier molecular flexibility index (Phi) is 7.78. The highest BCUT2D eigenvalue weighted by atomic mass is 35.5. The van der Waals surface area contributed by atoms with Gasteiger partial charge in [-0.25, -0.2) is 0 Å². The van der Waals surface area contributed by atoms with Crippen molar-refractivity contribution >= 4 is 35.0 Å². The summed E-state index contributed by atoms with van der Waals surface area (Å²) in [6, 6.07) is 7.90. The van der Waals surface area contributed by atoms with Gasteiger partial charge in [0.25, 0.3) is 11.8 Å². The third-order valence-corrected chi connectivity index (χ3v) is 4.41. The van der Waals surface area contributed by atoms with E-state index in [-0.39, 0.29) is 40.4 Å². The fourth-order valence-electron chi connectivity index (χ4n) is 2.43. The highest BCUT2D eigenvalue weighted by Crippen LogP contribution is 2.33. The summed E-state index contributed by atoms with van der Waals surface area (Å²) >= 11 is 12.1. The molecule has 28 heavy (non-hydrogen) atoms. The van der Waals surface area contributed by atoms with E-state index in [4.69, 9.17) is 37.4 Å². The first-order valence-corrected chi connectivity index (χ1v) is 8.98. The first-order valence-electron chi connectivity index (χ1n) is 8.22. The Morgan fingerprint density at radius 1 is 0.821 bits per heavy atom. The van der Waals surface area contributed by atoms with E-state index in [1.54, 1.807) is 24.3 Å². The molecule has 150 valence electrons. The van der Waals surface area contributed by atoms with Crippen LogP contribution in [0.1, 0.15) is 20.7 Å². The second-order valence-electron chi connectivity index (χ2n) is 5.55. The molecule has 9 heteroatoms. The molecule has 0 aliphatic rings. The predicted molar refractivity (Wildman–Crippen MR) is 107 cm³/mol. The van der Waals surface area contributed by atoms with Crippen LogP contribution < -0.4 is 24.8 Å². The van der Waals surface area contributed by atoms with Gasteiger partial charge in [0.05, 0.1) is 31.4 Å². The molecule has 2 aromatic carbocycles. The zero-order valence-electron chi connectivity index (χ0n) is 15.6. The van der Waals surface area contributed by atoms with Gasteiger partial charge in [-0.1, -0.05) is 23.2 Å². The minimum atomic E-state index is -0.457. The molecule has 0 unspecified atom stereocenters. The number of carbonyl (C=O) groups is 2. The molecular weight excluding hydrogens is 407 g/mol. The number of hydrogen-bond acceptors (Lipinski definition) is 5. The topological polar surface area (TPSA) is 85.9 Å². The molecule has 0 aromatic heterocycles. The van der Waals surface area contributed by atoms with Crippen molar-refractivity contribution in [1.29, 1.82) is 0 Å². The number of ether oxygens (including phenoxy) is 3. The third kappa shape index (κ3) is 5.21. The average Bonchev–Trinajstić information content (AvgIpc) is 2.71. The normalized spacial score (nSPS) is 10.2. The monoisotopic (exact) mass is 426 g/mol. The molecule has 2 N–H and O–H groups in total. The van der Waals surface area contributed by atoms with Gasteiger partial charge in [0.15, 0.2) is 5.75 Å². The minimum Gasteiger partial charge on any atom is -0.497 e. The Morgan fingerprint density at radius 2 is 1.36 bits per heavy atom. The molecule has 0 radical (unpaired) electrons. The van der Waals surface area contributed by atoms with Crippen LogP contribution in [-0.2, 0) is 0 Å². The molecule has 0 fully saturated rings. The summed E-state index contributed by atoms with van der Waals surface area (Å²) in [6.07, 6.45) is 0. The summed E-state index contributed by atoms with van der Waals surface area (Å²) in [7, 11) is 4.40. The first-order chi connectivity index (χ1) is 13.4. The van der Waals surface area contributed by atoms with Gasteiger partial charge in [-0.3, -0.25) is 9.59 Å². The van der Waals surface area contributed by atoms with Crippen molar-refractivity contribution in [2.24, 2.45) is 0 Å². The van der Waals surface area contributed by atoms with Gasteiger partial charge in [-0.05, 0) is 24.3 Å². The molecule has 2 aromatic rings. The van der Waals surface area contributed by atoms with E-state index in [2.05, 4.69) is 10.6 Å². The molecule has 2 amide bonds. The second kappa shape index (κ2) is 10.1. The summed E-state index contributed by atoms with van der Waals surface area (Å²) in [6.45, 7) is 0.377. The second-order valence-corrected chi connectivity index (χ2v) is 6.36. The maximum atomic E-state index is 12.4. The molecule has 0 saturated carbocycles. The maximum absolute atomic E-state index is 12.4. The molecule has 0 aliphatic carbocycles. The van der Waals surface area contributed by atoms with E-state index in [1.165, 1.54) is 27.4 Å². The van der Waals surface area contributed by atoms with Gasteiger partial charge in [-0.2, -0.15) is 0 Å². The number of hydrogen-bond donors (Lipinski definition) is 2. The summed E-state index contributed by atoms with van der Waals surface area (Å²) < 4.78 is 15.4. The van der Waals surface area contributed by atoms with Crippen molar-refractivity contribution < 1.29 is 23.8 Å². The maximum Gasteiger partial charge on any atom is 0.256 e. The van der Waals surface area contributed by atoms with Crippen LogP contribution in [0.3, 0.4) is 0 Å². The number of halogens is 2. The van der Waals surface area contributed by atoms with E-state index in [1.807, 2.05) is 0 Å². The van der Waals surface area contributed by atoms with Crippen molar-refractivity contribution in [3.05, 3.63) is 51.5 Å². The van der Waals surface area contributed by atoms with Crippen LogP contribution in [0, 0.1) is 0 Å². The SMILES string of the molecule is COc1cc(OC)cc(C(=O)NCCNC(=O)c2c(Cl)ccc(Cl)c2OC)c1. The van der Waals surface area contributed by atoms with Crippen LogP contribution in [-0.4, -0.2) is 46.2 Å². The number of rotatable bonds is 8.